The molecule has 0 unspecified atom stereocenters. The molecule has 12 N–H and O–H groups in total. The molecule has 0 amide bonds. The van der Waals surface area contributed by atoms with E-state index in [0.29, 0.717) is 30.9 Å². The highest BCUT2D eigenvalue weighted by atomic mass is 32.2. The molecular weight excluding hydrogens is 602 g/mol. The minimum absolute atomic E-state index is 0.219. The molecule has 0 spiro atoms. The number of carbonyl (C=O) groups excluding carboxylic acids is 1. The molecule has 1 aromatic heterocycles. The van der Waals surface area contributed by atoms with Gasteiger partial charge in [0.15, 0.2) is 0 Å². The van der Waals surface area contributed by atoms with E-state index in [1.807, 2.05) is 50.6 Å². The van der Waals surface area contributed by atoms with E-state index in [9.17, 15) is 19.2 Å². The maximum atomic E-state index is 11.8. The van der Waals surface area contributed by atoms with E-state index in [1.165, 1.54) is 0 Å². The summed E-state index contributed by atoms with van der Waals surface area (Å²) in [5.41, 5.74) is 24.6. The van der Waals surface area contributed by atoms with Crippen molar-refractivity contribution in [3.63, 3.8) is 0 Å². The molecule has 0 aliphatic heterocycles. The highest BCUT2D eigenvalue weighted by Gasteiger charge is 2.18. The van der Waals surface area contributed by atoms with Crippen molar-refractivity contribution in [2.45, 2.75) is 63.7 Å². The van der Waals surface area contributed by atoms with E-state index in [1.54, 1.807) is 36.0 Å². The maximum Gasteiger partial charge on any atom is 0.328 e. The van der Waals surface area contributed by atoms with Gasteiger partial charge in [-0.05, 0) is 66.5 Å². The summed E-state index contributed by atoms with van der Waals surface area (Å²) in [6.45, 7) is 3.96. The first-order chi connectivity index (χ1) is 21.2. The zero-order chi connectivity index (χ0) is 34.1. The van der Waals surface area contributed by atoms with Gasteiger partial charge in [-0.2, -0.15) is 11.8 Å². The van der Waals surface area contributed by atoms with E-state index in [0.717, 1.165) is 27.8 Å². The molecule has 2 aromatic carbocycles. The Morgan fingerprint density at radius 1 is 0.800 bits per heavy atom. The number of fused-ring (bicyclic) bond motifs is 1. The van der Waals surface area contributed by atoms with Gasteiger partial charge in [0.25, 0.3) is 0 Å². The molecule has 4 atom stereocenters. The molecule has 248 valence electrons. The maximum absolute atomic E-state index is 11.8. The third-order valence-corrected chi connectivity index (χ3v) is 6.97. The molecule has 0 aliphatic carbocycles. The van der Waals surface area contributed by atoms with Gasteiger partial charge in [-0.1, -0.05) is 44.2 Å². The molecule has 0 bridgehead atoms. The number of carbonyl (C=O) groups is 4. The van der Waals surface area contributed by atoms with Crippen molar-refractivity contribution >= 4 is 46.5 Å². The van der Waals surface area contributed by atoms with Crippen LogP contribution in [-0.2, 0) is 32.0 Å². The number of thioether (sulfide) groups is 1. The van der Waals surface area contributed by atoms with Crippen molar-refractivity contribution in [3.05, 3.63) is 65.9 Å². The Labute approximate surface area is 266 Å². The predicted octanol–water partition coefficient (Wildman–Crippen LogP) is 2.19. The molecule has 0 saturated carbocycles. The first-order valence-corrected chi connectivity index (χ1v) is 15.6. The number of hydrogen-bond acceptors (Lipinski definition) is 10. The molecule has 1 heterocycles. The first kappa shape index (κ1) is 39.1. The summed E-state index contributed by atoms with van der Waals surface area (Å²) in [6.07, 6.45) is 5.42. The number of aromatic amines is 1. The fraction of sp³-hybridized carbons (Fsp3) is 0.419. The topological polar surface area (TPSA) is 258 Å². The summed E-state index contributed by atoms with van der Waals surface area (Å²) in [6, 6.07) is 11.2. The van der Waals surface area contributed by atoms with Crippen molar-refractivity contribution in [2.24, 2.45) is 28.9 Å². The van der Waals surface area contributed by atoms with E-state index in [-0.39, 0.29) is 6.42 Å². The van der Waals surface area contributed by atoms with Crippen molar-refractivity contribution in [3.8, 4) is 5.75 Å². The standard InChI is InChI=1S/C15H22N2O4.C11H12N2O2.C5H11NO2S/c1-9(2)7-13(17)15(20)21-11-5-3-10(4-6-11)8-12(16)14(18)19;12-9(11(14)15)5-7-6-13-10-4-2-1-3-8(7)10;1-9-3-2-4(6)5(7)8/h3-6,9,12-13H,7-8,16-17H2,1-2H3,(H,18,19);1-4,6,9,13H,5,12H2,(H,14,15);4H,2-3,6H2,1H3,(H,7,8)/t12-,13-;9-;4-/m111/s1. The Hall–Kier alpha value is -3.95. The Kier molecular flexibility index (Phi) is 17.5. The normalized spacial score (nSPS) is 13.3. The van der Waals surface area contributed by atoms with Gasteiger partial charge in [-0.3, -0.25) is 14.4 Å². The molecule has 3 rings (SSSR count). The van der Waals surface area contributed by atoms with Gasteiger partial charge in [0.2, 0.25) is 0 Å². The highest BCUT2D eigenvalue weighted by Crippen LogP contribution is 2.19. The molecule has 0 saturated heterocycles. The number of carboxylic acids is 3. The lowest BCUT2D eigenvalue weighted by molar-refractivity contribution is -0.139. The third kappa shape index (κ3) is 15.1. The average Bonchev–Trinajstić information content (AvgIpc) is 3.39. The minimum Gasteiger partial charge on any atom is -0.480 e. The summed E-state index contributed by atoms with van der Waals surface area (Å²) in [5, 5.41) is 26.8. The lowest BCUT2D eigenvalue weighted by Crippen LogP contribution is -2.35. The molecule has 0 aliphatic rings. The van der Waals surface area contributed by atoms with Crippen LogP contribution in [0.2, 0.25) is 0 Å². The molecule has 3 aromatic rings. The summed E-state index contributed by atoms with van der Waals surface area (Å²) in [7, 11) is 0. The molecule has 13 nitrogen and oxygen atoms in total. The number of para-hydroxylation sites is 1. The number of aliphatic carboxylic acids is 3. The van der Waals surface area contributed by atoms with Crippen molar-refractivity contribution in [2.75, 3.05) is 12.0 Å². The molecule has 45 heavy (non-hydrogen) atoms. The van der Waals surface area contributed by atoms with Gasteiger partial charge >= 0.3 is 23.9 Å². The van der Waals surface area contributed by atoms with E-state index >= 15 is 0 Å². The number of rotatable bonds is 14. The fourth-order valence-electron chi connectivity index (χ4n) is 3.82. The Bertz CT molecular complexity index is 1370. The number of H-pyrrole nitrogens is 1. The number of hydrogen-bond donors (Lipinski definition) is 8. The lowest BCUT2D eigenvalue weighted by Gasteiger charge is -2.13. The largest absolute Gasteiger partial charge is 0.480 e. The van der Waals surface area contributed by atoms with Crippen LogP contribution in [0.3, 0.4) is 0 Å². The Balaban J connectivity index is 0.000000367. The van der Waals surface area contributed by atoms with Gasteiger partial charge in [-0.15, -0.1) is 0 Å². The SMILES string of the molecule is CC(C)C[C@@H](N)C(=O)Oc1ccc(C[C@@H](N)C(=O)O)cc1.CSCC[C@@H](N)C(=O)O.N[C@H](Cc1c[nH]c2ccccc12)C(=O)O. The van der Waals surface area contributed by atoms with Gasteiger partial charge in [0.1, 0.15) is 29.9 Å². The van der Waals surface area contributed by atoms with Crippen LogP contribution >= 0.6 is 11.8 Å². The van der Waals surface area contributed by atoms with Gasteiger partial charge in [0.05, 0.1) is 0 Å². The summed E-state index contributed by atoms with van der Waals surface area (Å²) in [4.78, 5) is 46.2. The smallest absolute Gasteiger partial charge is 0.328 e. The fourth-order valence-corrected chi connectivity index (χ4v) is 4.31. The van der Waals surface area contributed by atoms with E-state index in [4.69, 9.17) is 43.0 Å². The van der Waals surface area contributed by atoms with Crippen LogP contribution in [0.4, 0.5) is 0 Å². The van der Waals surface area contributed by atoms with Crippen molar-refractivity contribution in [1.29, 1.82) is 0 Å². The van der Waals surface area contributed by atoms with Crippen LogP contribution in [0.5, 0.6) is 5.75 Å². The summed E-state index contributed by atoms with van der Waals surface area (Å²) < 4.78 is 5.17. The monoisotopic (exact) mass is 647 g/mol. The van der Waals surface area contributed by atoms with Gasteiger partial charge in [-0.25, -0.2) is 4.79 Å². The lowest BCUT2D eigenvalue weighted by atomic mass is 10.0. The zero-order valence-electron chi connectivity index (χ0n) is 25.7. The summed E-state index contributed by atoms with van der Waals surface area (Å²) >= 11 is 1.60. The van der Waals surface area contributed by atoms with Crippen LogP contribution in [0.25, 0.3) is 10.9 Å². The number of esters is 1. The second-order valence-electron chi connectivity index (χ2n) is 10.7. The molecular formula is C31H45N5O8S. The van der Waals surface area contributed by atoms with Crippen LogP contribution in [0.1, 0.15) is 37.8 Å². The quantitative estimate of drug-likeness (QED) is 0.0923. The van der Waals surface area contributed by atoms with E-state index < -0.39 is 48.0 Å². The molecule has 0 radical (unpaired) electrons. The van der Waals surface area contributed by atoms with Crippen LogP contribution in [0.15, 0.2) is 54.7 Å². The first-order valence-electron chi connectivity index (χ1n) is 14.2. The number of nitrogens with two attached hydrogens (primary N) is 4. The summed E-state index contributed by atoms with van der Waals surface area (Å²) in [5.74, 6) is -1.90. The second-order valence-corrected chi connectivity index (χ2v) is 11.7. The van der Waals surface area contributed by atoms with Crippen LogP contribution < -0.4 is 27.7 Å². The van der Waals surface area contributed by atoms with Crippen LogP contribution in [0, 0.1) is 5.92 Å². The number of aromatic nitrogens is 1. The van der Waals surface area contributed by atoms with Crippen LogP contribution in [-0.4, -0.2) is 80.4 Å². The van der Waals surface area contributed by atoms with Gasteiger partial charge < -0.3 is 48.0 Å². The highest BCUT2D eigenvalue weighted by molar-refractivity contribution is 7.98. The van der Waals surface area contributed by atoms with Gasteiger partial charge in [0, 0.05) is 23.5 Å². The number of carboxylic acid groups (broad SMARTS) is 3. The zero-order valence-corrected chi connectivity index (χ0v) is 26.5. The van der Waals surface area contributed by atoms with Crippen molar-refractivity contribution in [1.82, 2.24) is 4.98 Å². The minimum atomic E-state index is -1.05. The number of ether oxygens (including phenoxy) is 1. The number of benzene rings is 2. The Morgan fingerprint density at radius 2 is 1.36 bits per heavy atom. The number of nitrogens with one attached hydrogen (secondary N) is 1. The third-order valence-electron chi connectivity index (χ3n) is 6.32. The molecule has 0 fully saturated rings. The Morgan fingerprint density at radius 3 is 1.89 bits per heavy atom. The van der Waals surface area contributed by atoms with Crippen molar-refractivity contribution < 1.29 is 39.2 Å². The second kappa shape index (κ2) is 20.2. The van der Waals surface area contributed by atoms with E-state index in [2.05, 4.69) is 4.98 Å². The molecule has 14 heteroatoms. The predicted molar refractivity (Wildman–Crippen MR) is 175 cm³/mol. The average molecular weight is 648 g/mol.